The molecule has 1 aliphatic rings. The minimum absolute atomic E-state index is 0.155. The molecule has 4 heteroatoms. The smallest absolute Gasteiger partial charge is 0.0914 e. The van der Waals surface area contributed by atoms with Crippen molar-refractivity contribution in [2.75, 3.05) is 20.3 Å². The maximum Gasteiger partial charge on any atom is 0.0914 e. The van der Waals surface area contributed by atoms with Crippen molar-refractivity contribution in [1.29, 1.82) is 0 Å². The van der Waals surface area contributed by atoms with E-state index in [1.165, 1.54) is 0 Å². The summed E-state index contributed by atoms with van der Waals surface area (Å²) in [4.78, 5) is 4.53. The highest BCUT2D eigenvalue weighted by atomic mass is 16.5. The summed E-state index contributed by atoms with van der Waals surface area (Å²) >= 11 is 0. The molecule has 0 radical (unpaired) electrons. The molecule has 0 saturated carbocycles. The number of benzene rings is 1. The fraction of sp³-hybridized carbons (Fsp3) is 0.471. The van der Waals surface area contributed by atoms with Crippen molar-refractivity contribution in [3.05, 3.63) is 41.6 Å². The van der Waals surface area contributed by atoms with E-state index in [2.05, 4.69) is 23.2 Å². The van der Waals surface area contributed by atoms with Crippen molar-refractivity contribution in [1.82, 2.24) is 4.98 Å². The molecule has 2 heterocycles. The van der Waals surface area contributed by atoms with Crippen molar-refractivity contribution in [2.45, 2.75) is 31.4 Å². The van der Waals surface area contributed by atoms with Crippen LogP contribution in [-0.4, -0.2) is 30.9 Å². The molecule has 112 valence electrons. The SMILES string of the molecule is COC1(C(N)c2ccc3nc(C)ccc3c2)CCOCC1. The quantitative estimate of drug-likeness (QED) is 0.942. The Morgan fingerprint density at radius 3 is 2.71 bits per heavy atom. The maximum absolute atomic E-state index is 6.54. The molecule has 1 aromatic heterocycles. The third-order valence-corrected chi connectivity index (χ3v) is 4.52. The van der Waals surface area contributed by atoms with E-state index in [9.17, 15) is 0 Å². The van der Waals surface area contributed by atoms with Crippen molar-refractivity contribution >= 4 is 10.9 Å². The lowest BCUT2D eigenvalue weighted by Crippen LogP contribution is -2.47. The van der Waals surface area contributed by atoms with Crippen molar-refractivity contribution in [3.63, 3.8) is 0 Å². The summed E-state index contributed by atoms with van der Waals surface area (Å²) in [6.07, 6.45) is 1.66. The normalized spacial score (nSPS) is 19.6. The second-order valence-corrected chi connectivity index (χ2v) is 5.76. The van der Waals surface area contributed by atoms with Crippen LogP contribution in [0.4, 0.5) is 0 Å². The first-order chi connectivity index (χ1) is 10.1. The Labute approximate surface area is 125 Å². The van der Waals surface area contributed by atoms with E-state index >= 15 is 0 Å². The Morgan fingerprint density at radius 2 is 2.00 bits per heavy atom. The average Bonchev–Trinajstić information content (AvgIpc) is 2.54. The number of hydrogen-bond donors (Lipinski definition) is 1. The molecule has 2 N–H and O–H groups in total. The van der Waals surface area contributed by atoms with Gasteiger partial charge < -0.3 is 15.2 Å². The number of methoxy groups -OCH3 is 1. The molecule has 0 spiro atoms. The van der Waals surface area contributed by atoms with Crippen LogP contribution in [0.3, 0.4) is 0 Å². The minimum Gasteiger partial charge on any atom is -0.381 e. The fourth-order valence-corrected chi connectivity index (χ4v) is 3.10. The Hall–Kier alpha value is -1.49. The molecular formula is C17H22N2O2. The summed E-state index contributed by atoms with van der Waals surface area (Å²) in [5.41, 5.74) is 9.33. The number of rotatable bonds is 3. The maximum atomic E-state index is 6.54. The van der Waals surface area contributed by atoms with Crippen molar-refractivity contribution in [3.8, 4) is 0 Å². The summed E-state index contributed by atoms with van der Waals surface area (Å²) < 4.78 is 11.3. The van der Waals surface area contributed by atoms with Gasteiger partial charge in [0, 0.05) is 44.2 Å². The Balaban J connectivity index is 1.96. The average molecular weight is 286 g/mol. The molecule has 1 atom stereocenters. The van der Waals surface area contributed by atoms with E-state index in [0.29, 0.717) is 13.2 Å². The largest absolute Gasteiger partial charge is 0.381 e. The molecule has 2 aromatic rings. The summed E-state index contributed by atoms with van der Waals surface area (Å²) in [7, 11) is 1.75. The van der Waals surface area contributed by atoms with Crippen LogP contribution < -0.4 is 5.73 Å². The van der Waals surface area contributed by atoms with Crippen LogP contribution in [0.2, 0.25) is 0 Å². The number of aryl methyl sites for hydroxylation is 1. The molecular weight excluding hydrogens is 264 g/mol. The number of pyridine rings is 1. The lowest BCUT2D eigenvalue weighted by molar-refractivity contribution is -0.105. The highest BCUT2D eigenvalue weighted by Crippen LogP contribution is 2.36. The van der Waals surface area contributed by atoms with Crippen LogP contribution in [0.1, 0.15) is 30.1 Å². The zero-order chi connectivity index (χ0) is 14.9. The fourth-order valence-electron chi connectivity index (χ4n) is 3.10. The van der Waals surface area contributed by atoms with Crippen LogP contribution in [-0.2, 0) is 9.47 Å². The second kappa shape index (κ2) is 5.72. The zero-order valence-electron chi connectivity index (χ0n) is 12.6. The molecule has 4 nitrogen and oxygen atoms in total. The van der Waals surface area contributed by atoms with Gasteiger partial charge in [0.15, 0.2) is 0 Å². The number of hydrogen-bond acceptors (Lipinski definition) is 4. The summed E-state index contributed by atoms with van der Waals surface area (Å²) in [6.45, 7) is 3.41. The van der Waals surface area contributed by atoms with Crippen LogP contribution in [0.5, 0.6) is 0 Å². The van der Waals surface area contributed by atoms with E-state index in [1.54, 1.807) is 7.11 Å². The number of nitrogens with two attached hydrogens (primary N) is 1. The molecule has 1 saturated heterocycles. The summed E-state index contributed by atoms with van der Waals surface area (Å²) in [5.74, 6) is 0. The molecule has 1 fully saturated rings. The van der Waals surface area contributed by atoms with E-state index in [1.807, 2.05) is 19.1 Å². The molecule has 1 aromatic carbocycles. The van der Waals surface area contributed by atoms with Gasteiger partial charge in [-0.05, 0) is 30.7 Å². The monoisotopic (exact) mass is 286 g/mol. The number of aromatic nitrogens is 1. The van der Waals surface area contributed by atoms with Gasteiger partial charge in [0.25, 0.3) is 0 Å². The van der Waals surface area contributed by atoms with E-state index in [-0.39, 0.29) is 11.6 Å². The molecule has 0 aliphatic carbocycles. The molecule has 0 bridgehead atoms. The van der Waals surface area contributed by atoms with Gasteiger partial charge in [0.1, 0.15) is 0 Å². The molecule has 0 amide bonds. The van der Waals surface area contributed by atoms with Crippen LogP contribution >= 0.6 is 0 Å². The van der Waals surface area contributed by atoms with Gasteiger partial charge in [-0.3, -0.25) is 4.98 Å². The van der Waals surface area contributed by atoms with Gasteiger partial charge in [-0.15, -0.1) is 0 Å². The van der Waals surface area contributed by atoms with Crippen LogP contribution in [0.25, 0.3) is 10.9 Å². The van der Waals surface area contributed by atoms with E-state index < -0.39 is 0 Å². The lowest BCUT2D eigenvalue weighted by atomic mass is 9.82. The van der Waals surface area contributed by atoms with E-state index in [4.69, 9.17) is 15.2 Å². The number of nitrogens with zero attached hydrogens (tertiary/aromatic N) is 1. The zero-order valence-corrected chi connectivity index (χ0v) is 12.6. The Bertz CT molecular complexity index is 636. The van der Waals surface area contributed by atoms with Gasteiger partial charge >= 0.3 is 0 Å². The molecule has 3 rings (SSSR count). The third-order valence-electron chi connectivity index (χ3n) is 4.52. The third kappa shape index (κ3) is 2.67. The lowest BCUT2D eigenvalue weighted by Gasteiger charge is -2.40. The van der Waals surface area contributed by atoms with Crippen molar-refractivity contribution < 1.29 is 9.47 Å². The first-order valence-electron chi connectivity index (χ1n) is 7.40. The summed E-state index contributed by atoms with van der Waals surface area (Å²) in [5, 5.41) is 1.12. The van der Waals surface area contributed by atoms with Crippen LogP contribution in [0.15, 0.2) is 30.3 Å². The van der Waals surface area contributed by atoms with Gasteiger partial charge in [-0.2, -0.15) is 0 Å². The van der Waals surface area contributed by atoms with Crippen molar-refractivity contribution in [2.24, 2.45) is 5.73 Å². The predicted octanol–water partition coefficient (Wildman–Crippen LogP) is 2.74. The number of ether oxygens (including phenoxy) is 2. The highest BCUT2D eigenvalue weighted by Gasteiger charge is 2.39. The molecule has 1 unspecified atom stereocenters. The predicted molar refractivity (Wildman–Crippen MR) is 83.2 cm³/mol. The topological polar surface area (TPSA) is 57.4 Å². The van der Waals surface area contributed by atoms with Gasteiger partial charge in [-0.25, -0.2) is 0 Å². The van der Waals surface area contributed by atoms with Gasteiger partial charge in [-0.1, -0.05) is 12.1 Å². The van der Waals surface area contributed by atoms with E-state index in [0.717, 1.165) is 35.0 Å². The van der Waals surface area contributed by atoms with Gasteiger partial charge in [0.05, 0.1) is 17.2 Å². The Kier molecular flexibility index (Phi) is 3.93. The second-order valence-electron chi connectivity index (χ2n) is 5.76. The molecule has 1 aliphatic heterocycles. The number of fused-ring (bicyclic) bond motifs is 1. The first kappa shape index (κ1) is 14.4. The summed E-state index contributed by atoms with van der Waals surface area (Å²) in [6, 6.07) is 10.2. The first-order valence-corrected chi connectivity index (χ1v) is 7.40. The van der Waals surface area contributed by atoms with Gasteiger partial charge in [0.2, 0.25) is 0 Å². The Morgan fingerprint density at radius 1 is 1.24 bits per heavy atom. The molecule has 21 heavy (non-hydrogen) atoms. The minimum atomic E-state index is -0.329. The standard InChI is InChI=1S/C17H22N2O2/c1-12-3-4-13-11-14(5-6-15(13)19-12)16(18)17(20-2)7-9-21-10-8-17/h3-6,11,16H,7-10,18H2,1-2H3. The van der Waals surface area contributed by atoms with Crippen LogP contribution in [0, 0.1) is 6.92 Å². The highest BCUT2D eigenvalue weighted by molar-refractivity contribution is 5.79.